The van der Waals surface area contributed by atoms with Crippen molar-refractivity contribution in [1.82, 2.24) is 5.32 Å². The van der Waals surface area contributed by atoms with E-state index in [2.05, 4.69) is 5.32 Å². The van der Waals surface area contributed by atoms with Crippen molar-refractivity contribution >= 4 is 17.5 Å². The molecule has 2 amide bonds. The molecule has 8 heteroatoms. The Kier molecular flexibility index (Phi) is 3.70. The lowest BCUT2D eigenvalue weighted by Gasteiger charge is -2.02. The lowest BCUT2D eigenvalue weighted by atomic mass is 10.2. The number of halogens is 1. The van der Waals surface area contributed by atoms with E-state index in [0.29, 0.717) is 6.07 Å². The Morgan fingerprint density at radius 1 is 1.41 bits per heavy atom. The quantitative estimate of drug-likeness (QED) is 0.567. The van der Waals surface area contributed by atoms with E-state index in [1.165, 1.54) is 0 Å². The normalized spacial score (nSPS) is 9.71. The van der Waals surface area contributed by atoms with Gasteiger partial charge in [0.1, 0.15) is 5.82 Å². The predicted octanol–water partition coefficient (Wildman–Crippen LogP) is -0.0510. The van der Waals surface area contributed by atoms with Crippen molar-refractivity contribution in [2.45, 2.75) is 0 Å². The summed E-state index contributed by atoms with van der Waals surface area (Å²) in [6.07, 6.45) is 0. The Balaban J connectivity index is 2.93. The van der Waals surface area contributed by atoms with Crippen molar-refractivity contribution < 1.29 is 18.9 Å². The largest absolute Gasteiger partial charge is 0.368 e. The van der Waals surface area contributed by atoms with Crippen LogP contribution in [0.3, 0.4) is 0 Å². The van der Waals surface area contributed by atoms with Crippen LogP contribution in [0.4, 0.5) is 10.1 Å². The Hall–Kier alpha value is -2.51. The van der Waals surface area contributed by atoms with Crippen molar-refractivity contribution in [3.8, 4) is 0 Å². The monoisotopic (exact) mass is 241 g/mol. The smallest absolute Gasteiger partial charge is 0.273 e. The summed E-state index contributed by atoms with van der Waals surface area (Å²) in [5, 5.41) is 12.5. The van der Waals surface area contributed by atoms with Crippen molar-refractivity contribution in [3.05, 3.63) is 39.7 Å². The number of benzene rings is 1. The molecule has 1 rings (SSSR count). The van der Waals surface area contributed by atoms with E-state index in [1.54, 1.807) is 0 Å². The van der Waals surface area contributed by atoms with Crippen LogP contribution in [-0.2, 0) is 4.79 Å². The van der Waals surface area contributed by atoms with Gasteiger partial charge in [0.05, 0.1) is 17.5 Å². The van der Waals surface area contributed by atoms with E-state index >= 15 is 0 Å². The number of amides is 2. The van der Waals surface area contributed by atoms with Crippen LogP contribution in [0.5, 0.6) is 0 Å². The second-order valence-electron chi connectivity index (χ2n) is 3.10. The van der Waals surface area contributed by atoms with Gasteiger partial charge in [-0.25, -0.2) is 4.39 Å². The van der Waals surface area contributed by atoms with Crippen LogP contribution in [-0.4, -0.2) is 23.3 Å². The van der Waals surface area contributed by atoms with Gasteiger partial charge in [0.15, 0.2) is 0 Å². The average molecular weight is 241 g/mol. The Morgan fingerprint density at radius 2 is 2.06 bits per heavy atom. The maximum atomic E-state index is 13.0. The third-order valence-electron chi connectivity index (χ3n) is 1.78. The molecule has 1 aromatic carbocycles. The number of hydrogen-bond donors (Lipinski definition) is 2. The highest BCUT2D eigenvalue weighted by molar-refractivity contribution is 5.96. The van der Waals surface area contributed by atoms with Crippen LogP contribution in [0.1, 0.15) is 10.4 Å². The molecule has 0 aromatic heterocycles. The fraction of sp³-hybridized carbons (Fsp3) is 0.111. The number of nitrogens with zero attached hydrogens (tertiary/aromatic N) is 1. The summed E-state index contributed by atoms with van der Waals surface area (Å²) in [5.74, 6) is -2.50. The number of primary amides is 1. The first-order chi connectivity index (χ1) is 7.90. The van der Waals surface area contributed by atoms with Crippen LogP contribution in [0.2, 0.25) is 0 Å². The molecule has 1 aromatic rings. The van der Waals surface area contributed by atoms with Gasteiger partial charge in [0.2, 0.25) is 5.91 Å². The summed E-state index contributed by atoms with van der Waals surface area (Å²) in [5.41, 5.74) is 3.99. The van der Waals surface area contributed by atoms with Gasteiger partial charge in [-0.1, -0.05) is 0 Å². The molecule has 0 atom stereocenters. The highest BCUT2D eigenvalue weighted by Crippen LogP contribution is 2.16. The minimum absolute atomic E-state index is 0.252. The lowest BCUT2D eigenvalue weighted by Crippen LogP contribution is -2.33. The summed E-state index contributed by atoms with van der Waals surface area (Å²) in [6, 6.07) is 2.41. The van der Waals surface area contributed by atoms with Crippen LogP contribution in [0.15, 0.2) is 18.2 Å². The number of rotatable bonds is 4. The minimum atomic E-state index is -0.913. The number of nitrogens with one attached hydrogen (secondary N) is 1. The fourth-order valence-electron chi connectivity index (χ4n) is 1.08. The minimum Gasteiger partial charge on any atom is -0.368 e. The Bertz CT molecular complexity index is 489. The van der Waals surface area contributed by atoms with E-state index in [-0.39, 0.29) is 5.56 Å². The molecule has 0 fully saturated rings. The van der Waals surface area contributed by atoms with Gasteiger partial charge in [0.25, 0.3) is 11.6 Å². The van der Waals surface area contributed by atoms with Gasteiger partial charge in [0, 0.05) is 11.6 Å². The highest BCUT2D eigenvalue weighted by atomic mass is 19.1. The van der Waals surface area contributed by atoms with E-state index in [1.807, 2.05) is 0 Å². The van der Waals surface area contributed by atoms with E-state index in [0.717, 1.165) is 12.1 Å². The third-order valence-corrected chi connectivity index (χ3v) is 1.78. The Labute approximate surface area is 94.6 Å². The zero-order valence-electron chi connectivity index (χ0n) is 8.47. The number of nitro benzene ring substituents is 1. The molecule has 7 nitrogen and oxygen atoms in total. The molecule has 0 aliphatic carbocycles. The van der Waals surface area contributed by atoms with Gasteiger partial charge in [-0.2, -0.15) is 0 Å². The lowest BCUT2D eigenvalue weighted by molar-refractivity contribution is -0.385. The maximum Gasteiger partial charge on any atom is 0.273 e. The second kappa shape index (κ2) is 5.01. The summed E-state index contributed by atoms with van der Waals surface area (Å²) in [6.45, 7) is -0.427. The predicted molar refractivity (Wildman–Crippen MR) is 54.6 cm³/mol. The van der Waals surface area contributed by atoms with E-state index in [4.69, 9.17) is 5.73 Å². The van der Waals surface area contributed by atoms with Crippen LogP contribution >= 0.6 is 0 Å². The zero-order chi connectivity index (χ0) is 13.0. The molecule has 0 heterocycles. The number of hydrogen-bond acceptors (Lipinski definition) is 4. The molecule has 0 unspecified atom stereocenters. The first kappa shape index (κ1) is 12.6. The number of nitrogens with two attached hydrogens (primary N) is 1. The maximum absolute atomic E-state index is 13.0. The first-order valence-electron chi connectivity index (χ1n) is 4.41. The number of non-ortho nitro benzene ring substituents is 1. The van der Waals surface area contributed by atoms with Crippen molar-refractivity contribution in [3.63, 3.8) is 0 Å². The highest BCUT2D eigenvalue weighted by Gasteiger charge is 2.14. The standard InChI is InChI=1S/C9H8FN3O4/c10-6-1-5(2-7(3-6)13(16)17)9(15)12-4-8(11)14/h1-3H,4H2,(H2,11,14)(H,12,15). The van der Waals surface area contributed by atoms with Gasteiger partial charge in [-0.05, 0) is 6.07 Å². The third kappa shape index (κ3) is 3.52. The molecule has 0 radical (unpaired) electrons. The van der Waals surface area contributed by atoms with Gasteiger partial charge >= 0.3 is 0 Å². The molecule has 90 valence electrons. The summed E-state index contributed by atoms with van der Waals surface area (Å²) in [4.78, 5) is 31.4. The molecule has 0 spiro atoms. The van der Waals surface area contributed by atoms with Crippen LogP contribution < -0.4 is 11.1 Å². The molecule has 0 saturated heterocycles. The molecular weight excluding hydrogens is 233 g/mol. The van der Waals surface area contributed by atoms with E-state index in [9.17, 15) is 24.1 Å². The molecule has 0 aliphatic rings. The first-order valence-corrected chi connectivity index (χ1v) is 4.41. The molecule has 17 heavy (non-hydrogen) atoms. The number of carbonyl (C=O) groups excluding carboxylic acids is 2. The summed E-state index contributed by atoms with van der Waals surface area (Å²) >= 11 is 0. The fourth-order valence-corrected chi connectivity index (χ4v) is 1.08. The van der Waals surface area contributed by atoms with Crippen molar-refractivity contribution in [1.29, 1.82) is 0 Å². The SMILES string of the molecule is NC(=O)CNC(=O)c1cc(F)cc([N+](=O)[O-])c1. The number of carbonyl (C=O) groups is 2. The summed E-state index contributed by atoms with van der Waals surface area (Å²) < 4.78 is 13.0. The topological polar surface area (TPSA) is 115 Å². The van der Waals surface area contributed by atoms with Gasteiger partial charge < -0.3 is 11.1 Å². The second-order valence-corrected chi connectivity index (χ2v) is 3.10. The molecule has 0 aliphatic heterocycles. The van der Waals surface area contributed by atoms with E-state index < -0.39 is 34.8 Å². The van der Waals surface area contributed by atoms with Crippen LogP contribution in [0.25, 0.3) is 0 Å². The molecular formula is C9H8FN3O4. The number of nitro groups is 1. The molecule has 0 saturated carbocycles. The van der Waals surface area contributed by atoms with Gasteiger partial charge in [-0.3, -0.25) is 19.7 Å². The van der Waals surface area contributed by atoms with Gasteiger partial charge in [-0.15, -0.1) is 0 Å². The zero-order valence-corrected chi connectivity index (χ0v) is 8.47. The molecule has 3 N–H and O–H groups in total. The van der Waals surface area contributed by atoms with Crippen LogP contribution in [0, 0.1) is 15.9 Å². The Morgan fingerprint density at radius 3 is 2.59 bits per heavy atom. The summed E-state index contributed by atoms with van der Waals surface area (Å²) in [7, 11) is 0. The van der Waals surface area contributed by atoms with Crippen molar-refractivity contribution in [2.75, 3.05) is 6.54 Å². The van der Waals surface area contributed by atoms with Crippen molar-refractivity contribution in [2.24, 2.45) is 5.73 Å². The average Bonchev–Trinajstić information content (AvgIpc) is 2.24. The molecule has 0 bridgehead atoms.